The molecule has 3 heterocycles. The number of imidazole rings is 1. The van der Waals surface area contributed by atoms with Gasteiger partial charge in [-0.05, 0) is 105 Å². The predicted octanol–water partition coefficient (Wildman–Crippen LogP) is 5.92. The summed E-state index contributed by atoms with van der Waals surface area (Å²) in [5, 5.41) is 6.28. The summed E-state index contributed by atoms with van der Waals surface area (Å²) < 4.78 is 15.3. The highest BCUT2D eigenvalue weighted by Crippen LogP contribution is 2.26. The van der Waals surface area contributed by atoms with Crippen molar-refractivity contribution in [3.8, 4) is 16.9 Å². The molecule has 6 rings (SSSR count). The number of nitrogens with one attached hydrogen (secondary N) is 2. The van der Waals surface area contributed by atoms with Crippen LogP contribution in [0.3, 0.4) is 0 Å². The van der Waals surface area contributed by atoms with Crippen molar-refractivity contribution in [3.63, 3.8) is 0 Å². The third kappa shape index (κ3) is 7.10. The number of aromatic nitrogens is 4. The van der Waals surface area contributed by atoms with Crippen molar-refractivity contribution < 1.29 is 14.0 Å². The minimum atomic E-state index is -0.319. The molecule has 2 amide bonds. The smallest absolute Gasteiger partial charge is 0.255 e. The maximum absolute atomic E-state index is 13.6. The Bertz CT molecular complexity index is 1890. The lowest BCUT2D eigenvalue weighted by atomic mass is 10.0. The van der Waals surface area contributed by atoms with Crippen LogP contribution in [0.1, 0.15) is 46.4 Å². The normalized spacial score (nSPS) is 15.0. The molecule has 1 aliphatic rings. The Labute approximate surface area is 266 Å². The van der Waals surface area contributed by atoms with E-state index in [9.17, 15) is 14.0 Å². The van der Waals surface area contributed by atoms with Crippen molar-refractivity contribution in [2.45, 2.75) is 45.7 Å². The van der Waals surface area contributed by atoms with E-state index in [1.54, 1.807) is 42.9 Å². The van der Waals surface area contributed by atoms with E-state index in [0.717, 1.165) is 53.9 Å². The summed E-state index contributed by atoms with van der Waals surface area (Å²) in [6.07, 6.45) is 7.99. The van der Waals surface area contributed by atoms with Crippen molar-refractivity contribution in [1.82, 2.24) is 24.4 Å². The lowest BCUT2D eigenvalue weighted by Crippen LogP contribution is -2.47. The second kappa shape index (κ2) is 13.3. The van der Waals surface area contributed by atoms with Crippen LogP contribution in [-0.4, -0.2) is 48.8 Å². The fraction of sp³-hybridized carbons (Fsp3) is 0.229. The lowest BCUT2D eigenvalue weighted by Gasteiger charge is -2.33. The molecule has 11 heteroatoms. The summed E-state index contributed by atoms with van der Waals surface area (Å²) in [5.74, 6) is -0.573. The van der Waals surface area contributed by atoms with Crippen LogP contribution in [0.15, 0.2) is 85.5 Å². The van der Waals surface area contributed by atoms with E-state index in [0.29, 0.717) is 35.1 Å². The number of amides is 2. The monoisotopic (exact) mass is 618 g/mol. The van der Waals surface area contributed by atoms with Crippen LogP contribution in [0, 0.1) is 19.7 Å². The first-order valence-electron chi connectivity index (χ1n) is 15.2. The number of hydrogen-bond acceptors (Lipinski definition) is 7. The van der Waals surface area contributed by atoms with Gasteiger partial charge in [0.2, 0.25) is 11.9 Å². The molecule has 4 N–H and O–H groups in total. The summed E-state index contributed by atoms with van der Waals surface area (Å²) in [4.78, 5) is 41.2. The highest BCUT2D eigenvalue weighted by atomic mass is 19.1. The molecule has 0 radical (unpaired) electrons. The number of nitrogens with zero attached hydrogens (tertiary/aromatic N) is 5. The number of aryl methyl sites for hydroxylation is 2. The molecule has 1 saturated heterocycles. The van der Waals surface area contributed by atoms with Crippen LogP contribution >= 0.6 is 0 Å². The van der Waals surface area contributed by atoms with E-state index in [2.05, 4.69) is 30.5 Å². The van der Waals surface area contributed by atoms with E-state index in [4.69, 9.17) is 5.73 Å². The molecule has 0 saturated carbocycles. The number of primary amides is 1. The van der Waals surface area contributed by atoms with E-state index >= 15 is 0 Å². The van der Waals surface area contributed by atoms with Gasteiger partial charge in [0.1, 0.15) is 5.82 Å². The van der Waals surface area contributed by atoms with Crippen LogP contribution < -0.4 is 16.4 Å². The van der Waals surface area contributed by atoms with Crippen molar-refractivity contribution in [2.24, 2.45) is 5.73 Å². The second-order valence-corrected chi connectivity index (χ2v) is 11.6. The second-order valence-electron chi connectivity index (χ2n) is 11.6. The first-order chi connectivity index (χ1) is 22.2. The van der Waals surface area contributed by atoms with Gasteiger partial charge < -0.3 is 20.9 Å². The number of anilines is 3. The Balaban J connectivity index is 1.24. The zero-order valence-corrected chi connectivity index (χ0v) is 25.7. The van der Waals surface area contributed by atoms with Crippen molar-refractivity contribution in [1.29, 1.82) is 0 Å². The Hall–Kier alpha value is -5.42. The van der Waals surface area contributed by atoms with E-state index in [1.807, 2.05) is 48.9 Å². The largest absolute Gasteiger partial charge is 0.368 e. The molecule has 2 aromatic heterocycles. The van der Waals surface area contributed by atoms with Crippen molar-refractivity contribution in [2.75, 3.05) is 17.2 Å². The molecule has 3 aromatic carbocycles. The molecule has 10 nitrogen and oxygen atoms in total. The van der Waals surface area contributed by atoms with Crippen LogP contribution in [0.5, 0.6) is 0 Å². The molecule has 46 heavy (non-hydrogen) atoms. The molecule has 1 aliphatic heterocycles. The fourth-order valence-corrected chi connectivity index (χ4v) is 5.71. The van der Waals surface area contributed by atoms with Crippen LogP contribution in [-0.2, 0) is 11.3 Å². The zero-order chi connectivity index (χ0) is 32.2. The highest BCUT2D eigenvalue weighted by Gasteiger charge is 2.27. The maximum atomic E-state index is 13.6. The van der Waals surface area contributed by atoms with Gasteiger partial charge in [-0.2, -0.15) is 0 Å². The molecule has 5 aromatic rings. The van der Waals surface area contributed by atoms with E-state index in [-0.39, 0.29) is 23.7 Å². The Morgan fingerprint density at radius 3 is 2.59 bits per heavy atom. The molecule has 1 unspecified atom stereocenters. The van der Waals surface area contributed by atoms with Crippen LogP contribution in [0.25, 0.3) is 16.9 Å². The van der Waals surface area contributed by atoms with Gasteiger partial charge >= 0.3 is 0 Å². The quantitative estimate of drug-likeness (QED) is 0.187. The molecule has 0 aliphatic carbocycles. The average Bonchev–Trinajstić information content (AvgIpc) is 3.49. The molecule has 0 spiro atoms. The predicted molar refractivity (Wildman–Crippen MR) is 175 cm³/mol. The average molecular weight is 619 g/mol. The first-order valence-corrected chi connectivity index (χ1v) is 15.2. The number of carbonyl (C=O) groups excluding carboxylic acids is 2. The fourth-order valence-electron chi connectivity index (χ4n) is 5.71. The lowest BCUT2D eigenvalue weighted by molar-refractivity contribution is -0.124. The number of rotatable bonds is 9. The number of piperidine rings is 1. The molecule has 1 fully saturated rings. The summed E-state index contributed by atoms with van der Waals surface area (Å²) in [5.41, 5.74) is 12.4. The summed E-state index contributed by atoms with van der Waals surface area (Å²) >= 11 is 0. The van der Waals surface area contributed by atoms with Gasteiger partial charge in [0.05, 0.1) is 23.8 Å². The van der Waals surface area contributed by atoms with Gasteiger partial charge in [0.15, 0.2) is 0 Å². The number of nitrogens with two attached hydrogens (primary N) is 1. The van der Waals surface area contributed by atoms with E-state index < -0.39 is 0 Å². The number of carbonyl (C=O) groups is 2. The number of likely N-dealkylation sites (tertiary alicyclic amines) is 1. The van der Waals surface area contributed by atoms with E-state index in [1.165, 1.54) is 12.1 Å². The van der Waals surface area contributed by atoms with Gasteiger partial charge in [-0.3, -0.25) is 14.5 Å². The van der Waals surface area contributed by atoms with Crippen molar-refractivity contribution in [3.05, 3.63) is 114 Å². The van der Waals surface area contributed by atoms with Gasteiger partial charge in [-0.25, -0.2) is 19.3 Å². The summed E-state index contributed by atoms with van der Waals surface area (Å²) in [7, 11) is 0. The minimum Gasteiger partial charge on any atom is -0.368 e. The zero-order valence-electron chi connectivity index (χ0n) is 25.7. The number of halogens is 1. The van der Waals surface area contributed by atoms with Gasteiger partial charge in [-0.15, -0.1) is 0 Å². The minimum absolute atomic E-state index is 0.290. The molecular weight excluding hydrogens is 583 g/mol. The standard InChI is InChI=1S/C35H35FN8O2/c1-22-6-7-26(17-31(22)42-35-38-13-12-30(41-35)25-8-10-27(36)11-9-25)34(46)40-28-15-24(16-29(18-28)44-19-23(2)39-21-44)20-43-14-4-3-5-32(43)33(37)45/h6-13,15-19,21,32H,3-5,14,20H2,1-2H3,(H2,37,45)(H,40,46)(H,38,41,42). The summed E-state index contributed by atoms with van der Waals surface area (Å²) in [6.45, 7) is 5.14. The van der Waals surface area contributed by atoms with Gasteiger partial charge in [-0.1, -0.05) is 12.5 Å². The maximum Gasteiger partial charge on any atom is 0.255 e. The van der Waals surface area contributed by atoms with Gasteiger partial charge in [0.25, 0.3) is 5.91 Å². The number of benzene rings is 3. The van der Waals surface area contributed by atoms with Gasteiger partial charge in [0, 0.05) is 47.1 Å². The third-order valence-corrected chi connectivity index (χ3v) is 8.11. The molecule has 1 atom stereocenters. The number of hydrogen-bond donors (Lipinski definition) is 3. The van der Waals surface area contributed by atoms with Crippen LogP contribution in [0.4, 0.5) is 21.7 Å². The first kappa shape index (κ1) is 30.6. The topological polar surface area (TPSA) is 131 Å². The Kier molecular flexibility index (Phi) is 8.84. The van der Waals surface area contributed by atoms with Crippen molar-refractivity contribution >= 4 is 29.1 Å². The Morgan fingerprint density at radius 1 is 1.00 bits per heavy atom. The third-order valence-electron chi connectivity index (χ3n) is 8.11. The van der Waals surface area contributed by atoms with Crippen LogP contribution in [0.2, 0.25) is 0 Å². The molecule has 0 bridgehead atoms. The molecule has 234 valence electrons. The SMILES string of the molecule is Cc1cn(-c2cc(CN3CCCCC3C(N)=O)cc(NC(=O)c3ccc(C)c(Nc4nccc(-c5ccc(F)cc5)n4)c3)c2)cn1. The highest BCUT2D eigenvalue weighted by molar-refractivity contribution is 6.05. The Morgan fingerprint density at radius 2 is 1.83 bits per heavy atom. The summed E-state index contributed by atoms with van der Waals surface area (Å²) in [6, 6.07) is 18.8. The molecular formula is C35H35FN8O2.